The Labute approximate surface area is 157 Å². The van der Waals surface area contributed by atoms with Crippen LogP contribution in [0.2, 0.25) is 0 Å². The molecule has 1 fully saturated rings. The summed E-state index contributed by atoms with van der Waals surface area (Å²) in [5, 5.41) is 13.2. The number of benzene rings is 1. The van der Waals surface area contributed by atoms with Gasteiger partial charge in [0.2, 0.25) is 0 Å². The minimum atomic E-state index is -4.46. The first kappa shape index (κ1) is 18.0. The maximum Gasteiger partial charge on any atom is 0.419 e. The van der Waals surface area contributed by atoms with Crippen molar-refractivity contribution in [2.24, 2.45) is 0 Å². The summed E-state index contributed by atoms with van der Waals surface area (Å²) < 4.78 is 39.4. The molecule has 3 heterocycles. The molecule has 1 aromatic carbocycles. The molecule has 0 aliphatic carbocycles. The average Bonchev–Trinajstić information content (AvgIpc) is 3.41. The first-order chi connectivity index (χ1) is 13.4. The fourth-order valence-corrected chi connectivity index (χ4v) is 3.12. The summed E-state index contributed by atoms with van der Waals surface area (Å²) in [7, 11) is 0. The van der Waals surface area contributed by atoms with Crippen molar-refractivity contribution in [2.45, 2.75) is 18.5 Å². The van der Waals surface area contributed by atoms with E-state index in [2.05, 4.69) is 25.6 Å². The summed E-state index contributed by atoms with van der Waals surface area (Å²) in [5.74, 6) is 0.848. The summed E-state index contributed by atoms with van der Waals surface area (Å²) in [4.78, 5) is 18.3. The fourth-order valence-electron chi connectivity index (χ4n) is 3.12. The Hall–Kier alpha value is -3.37. The Morgan fingerprint density at radius 3 is 2.89 bits per heavy atom. The molecular weight excluding hydrogens is 375 g/mol. The SMILES string of the molecule is O=C(Nc1cccc(-n2cc(C(F)(F)F)cn2)c1)N1CC[C@H](c2ncn[nH]2)C1. The van der Waals surface area contributed by atoms with Crippen LogP contribution in [-0.2, 0) is 6.18 Å². The lowest BCUT2D eigenvalue weighted by molar-refractivity contribution is -0.137. The second kappa shape index (κ2) is 6.98. The number of carbonyl (C=O) groups is 1. The molecule has 0 spiro atoms. The second-order valence-electron chi connectivity index (χ2n) is 6.45. The van der Waals surface area contributed by atoms with Crippen LogP contribution in [0.5, 0.6) is 0 Å². The lowest BCUT2D eigenvalue weighted by Crippen LogP contribution is -2.32. The molecule has 0 unspecified atom stereocenters. The number of anilines is 1. The van der Waals surface area contributed by atoms with Crippen molar-refractivity contribution < 1.29 is 18.0 Å². The van der Waals surface area contributed by atoms with Gasteiger partial charge in [0.1, 0.15) is 12.2 Å². The van der Waals surface area contributed by atoms with Gasteiger partial charge in [0.25, 0.3) is 0 Å². The molecule has 8 nitrogen and oxygen atoms in total. The van der Waals surface area contributed by atoms with E-state index in [4.69, 9.17) is 0 Å². The number of hydrogen-bond acceptors (Lipinski definition) is 4. The van der Waals surface area contributed by atoms with Crippen molar-refractivity contribution in [1.82, 2.24) is 29.9 Å². The fraction of sp³-hybridized carbons (Fsp3) is 0.294. The van der Waals surface area contributed by atoms with Gasteiger partial charge in [-0.05, 0) is 24.6 Å². The Balaban J connectivity index is 1.44. The summed E-state index contributed by atoms with van der Waals surface area (Å²) >= 11 is 0. The van der Waals surface area contributed by atoms with Crippen LogP contribution < -0.4 is 5.32 Å². The van der Waals surface area contributed by atoms with E-state index in [1.807, 2.05) is 0 Å². The molecule has 28 heavy (non-hydrogen) atoms. The van der Waals surface area contributed by atoms with E-state index in [1.54, 1.807) is 29.2 Å². The molecular formula is C17H16F3N7O. The normalized spacial score (nSPS) is 17.1. The summed E-state index contributed by atoms with van der Waals surface area (Å²) in [6, 6.07) is 6.20. The molecule has 1 saturated heterocycles. The number of rotatable bonds is 3. The predicted octanol–water partition coefficient (Wildman–Crippen LogP) is 3.03. The second-order valence-corrected chi connectivity index (χ2v) is 6.45. The molecule has 1 atom stereocenters. The van der Waals surface area contributed by atoms with E-state index in [0.717, 1.165) is 29.3 Å². The Morgan fingerprint density at radius 1 is 1.32 bits per heavy atom. The van der Waals surface area contributed by atoms with E-state index < -0.39 is 11.7 Å². The highest BCUT2D eigenvalue weighted by Gasteiger charge is 2.32. The maximum absolute atomic E-state index is 12.7. The first-order valence-corrected chi connectivity index (χ1v) is 8.53. The van der Waals surface area contributed by atoms with E-state index in [-0.39, 0.29) is 11.9 Å². The lowest BCUT2D eigenvalue weighted by atomic mass is 10.1. The summed E-state index contributed by atoms with van der Waals surface area (Å²) in [6.07, 6.45) is -0.582. The third-order valence-electron chi connectivity index (χ3n) is 4.57. The van der Waals surface area contributed by atoms with Crippen molar-refractivity contribution >= 4 is 11.7 Å². The number of carbonyl (C=O) groups excluding carboxylic acids is 1. The Kier molecular flexibility index (Phi) is 4.49. The molecule has 3 aromatic rings. The van der Waals surface area contributed by atoms with Crippen molar-refractivity contribution in [2.75, 3.05) is 18.4 Å². The van der Waals surface area contributed by atoms with Crippen LogP contribution in [-0.4, -0.2) is 49.0 Å². The van der Waals surface area contributed by atoms with Gasteiger partial charge in [-0.15, -0.1) is 0 Å². The van der Waals surface area contributed by atoms with Crippen LogP contribution in [0.25, 0.3) is 5.69 Å². The van der Waals surface area contributed by atoms with Gasteiger partial charge in [-0.1, -0.05) is 6.07 Å². The maximum atomic E-state index is 12.7. The number of nitrogens with zero attached hydrogens (tertiary/aromatic N) is 5. The number of nitrogens with one attached hydrogen (secondary N) is 2. The standard InChI is InChI=1S/C17H16F3N7O/c18-17(19,20)12-7-23-27(9-12)14-3-1-2-13(6-14)24-16(28)26-5-4-11(8-26)15-21-10-22-25-15/h1-3,6-7,9-11H,4-5,8H2,(H,24,28)(H,21,22,25)/t11-/m0/s1. The number of aromatic nitrogens is 5. The van der Waals surface area contributed by atoms with Crippen LogP contribution in [0.4, 0.5) is 23.7 Å². The molecule has 2 aromatic heterocycles. The van der Waals surface area contributed by atoms with Gasteiger partial charge < -0.3 is 10.2 Å². The zero-order chi connectivity index (χ0) is 19.7. The average molecular weight is 391 g/mol. The molecule has 2 N–H and O–H groups in total. The quantitative estimate of drug-likeness (QED) is 0.718. The van der Waals surface area contributed by atoms with Crippen LogP contribution in [0.1, 0.15) is 23.7 Å². The van der Waals surface area contributed by atoms with Crippen molar-refractivity contribution in [3.63, 3.8) is 0 Å². The van der Waals surface area contributed by atoms with Crippen LogP contribution >= 0.6 is 0 Å². The number of aromatic amines is 1. The van der Waals surface area contributed by atoms with E-state index in [9.17, 15) is 18.0 Å². The van der Waals surface area contributed by atoms with Gasteiger partial charge in [0.15, 0.2) is 0 Å². The number of hydrogen-bond donors (Lipinski definition) is 2. The molecule has 0 saturated carbocycles. The highest BCUT2D eigenvalue weighted by molar-refractivity contribution is 5.89. The van der Waals surface area contributed by atoms with Gasteiger partial charge in [0.05, 0.1) is 17.4 Å². The molecule has 2 amide bonds. The minimum Gasteiger partial charge on any atom is -0.324 e. The van der Waals surface area contributed by atoms with Crippen molar-refractivity contribution in [3.8, 4) is 5.69 Å². The summed E-state index contributed by atoms with van der Waals surface area (Å²) in [6.45, 7) is 1.08. The van der Waals surface area contributed by atoms with Crippen LogP contribution in [0, 0.1) is 0 Å². The third kappa shape index (κ3) is 3.68. The highest BCUT2D eigenvalue weighted by Crippen LogP contribution is 2.29. The number of likely N-dealkylation sites (tertiary alicyclic amines) is 1. The van der Waals surface area contributed by atoms with Crippen molar-refractivity contribution in [3.05, 3.63) is 54.4 Å². The molecule has 11 heteroatoms. The van der Waals surface area contributed by atoms with E-state index >= 15 is 0 Å². The molecule has 1 aliphatic rings. The molecule has 146 valence electrons. The number of alkyl halides is 3. The zero-order valence-corrected chi connectivity index (χ0v) is 14.5. The molecule has 0 radical (unpaired) electrons. The van der Waals surface area contributed by atoms with E-state index in [0.29, 0.717) is 24.5 Å². The van der Waals surface area contributed by atoms with Gasteiger partial charge in [0, 0.05) is 30.9 Å². The molecule has 0 bridgehead atoms. The van der Waals surface area contributed by atoms with Gasteiger partial charge >= 0.3 is 12.2 Å². The predicted molar refractivity (Wildman–Crippen MR) is 92.9 cm³/mol. The van der Waals surface area contributed by atoms with Crippen LogP contribution in [0.3, 0.4) is 0 Å². The van der Waals surface area contributed by atoms with Gasteiger partial charge in [-0.25, -0.2) is 14.5 Å². The third-order valence-corrected chi connectivity index (χ3v) is 4.57. The number of urea groups is 1. The van der Waals surface area contributed by atoms with E-state index in [1.165, 1.54) is 6.33 Å². The molecule has 1 aliphatic heterocycles. The van der Waals surface area contributed by atoms with Crippen LogP contribution in [0.15, 0.2) is 43.0 Å². The number of amides is 2. The smallest absolute Gasteiger partial charge is 0.324 e. The lowest BCUT2D eigenvalue weighted by Gasteiger charge is -2.17. The van der Waals surface area contributed by atoms with Crippen molar-refractivity contribution in [1.29, 1.82) is 0 Å². The topological polar surface area (TPSA) is 91.7 Å². The minimum absolute atomic E-state index is 0.101. The van der Waals surface area contributed by atoms with Gasteiger partial charge in [-0.3, -0.25) is 5.10 Å². The Bertz CT molecular complexity index is 967. The summed E-state index contributed by atoms with van der Waals surface area (Å²) in [5.41, 5.74) is 0.0430. The Morgan fingerprint density at radius 2 is 2.18 bits per heavy atom. The number of H-pyrrole nitrogens is 1. The largest absolute Gasteiger partial charge is 0.419 e. The number of halogens is 3. The monoisotopic (exact) mass is 391 g/mol. The highest BCUT2D eigenvalue weighted by atomic mass is 19.4. The zero-order valence-electron chi connectivity index (χ0n) is 14.5. The molecule has 4 rings (SSSR count). The van der Waals surface area contributed by atoms with Gasteiger partial charge in [-0.2, -0.15) is 23.4 Å². The first-order valence-electron chi connectivity index (χ1n) is 8.53.